The number of carbonyl (C=O) groups excluding carboxylic acids is 2. The quantitative estimate of drug-likeness (QED) is 0.718. The lowest BCUT2D eigenvalue weighted by molar-refractivity contribution is -0.161. The molecule has 2 amide bonds. The smallest absolute Gasteiger partial charge is 0.410 e. The lowest BCUT2D eigenvalue weighted by Gasteiger charge is -2.58. The number of ether oxygens (including phenoxy) is 1. The monoisotopic (exact) mass is 482 g/mol. The summed E-state index contributed by atoms with van der Waals surface area (Å²) in [5.74, 6) is 0.821. The minimum absolute atomic E-state index is 0.0769. The number of likely N-dealkylation sites (tertiary alicyclic amines) is 1. The van der Waals surface area contributed by atoms with Crippen LogP contribution in [0.4, 0.5) is 4.79 Å². The number of aryl methyl sites for hydroxylation is 1. The van der Waals surface area contributed by atoms with Crippen LogP contribution in [0.25, 0.3) is 11.3 Å². The van der Waals surface area contributed by atoms with Gasteiger partial charge in [0, 0.05) is 36.8 Å². The maximum atomic E-state index is 13.3. The van der Waals surface area contributed by atoms with Crippen molar-refractivity contribution in [3.63, 3.8) is 0 Å². The molecule has 3 heterocycles. The molecule has 7 rings (SSSR count). The third kappa shape index (κ3) is 3.47. The van der Waals surface area contributed by atoms with E-state index in [0.717, 1.165) is 61.2 Å². The lowest BCUT2D eigenvalue weighted by atomic mass is 9.48. The molecule has 2 aromatic rings. The van der Waals surface area contributed by atoms with Crippen molar-refractivity contribution in [2.24, 2.45) is 36.0 Å². The zero-order valence-electron chi connectivity index (χ0n) is 19.3. The van der Waals surface area contributed by atoms with E-state index in [1.807, 2.05) is 16.3 Å². The molecule has 5 aliphatic rings. The standard InChI is InChI=1S/C25H30N4O4S/c1-28-6-4-15(9-20(28)30)18-13-34-22(27-18)19-3-2-5-29(19)24(32)33-21-16-7-14-8-17(21)12-25(10-14,11-16)23(26)31/h4,6,9,13-14,16-17,19,21H,2-3,5,7-8,10-12H2,1H3,(H2,26,31)/t14?,16-,17?,19+,21?,25?/m0/s1. The first kappa shape index (κ1) is 21.8. The number of aromatic nitrogens is 2. The number of nitrogens with two attached hydrogens (primary N) is 1. The second kappa shape index (κ2) is 7.93. The first-order valence-electron chi connectivity index (χ1n) is 12.2. The van der Waals surface area contributed by atoms with Crippen LogP contribution in [0.2, 0.25) is 0 Å². The normalized spacial score (nSPS) is 33.9. The van der Waals surface area contributed by atoms with Crippen LogP contribution in [0.15, 0.2) is 28.5 Å². The Morgan fingerprint density at radius 3 is 2.71 bits per heavy atom. The molecule has 2 aromatic heterocycles. The van der Waals surface area contributed by atoms with Gasteiger partial charge in [0.2, 0.25) is 5.91 Å². The number of hydrogen-bond acceptors (Lipinski definition) is 6. The predicted octanol–water partition coefficient (Wildman–Crippen LogP) is 3.46. The lowest BCUT2D eigenvalue weighted by Crippen LogP contribution is -2.59. The Labute approximate surface area is 202 Å². The summed E-state index contributed by atoms with van der Waals surface area (Å²) in [7, 11) is 1.72. The number of nitrogens with zero attached hydrogens (tertiary/aromatic N) is 3. The van der Waals surface area contributed by atoms with Crippen molar-refractivity contribution >= 4 is 23.3 Å². The Hall–Kier alpha value is -2.68. The largest absolute Gasteiger partial charge is 0.445 e. The molecule has 0 aromatic carbocycles. The Morgan fingerprint density at radius 2 is 2.00 bits per heavy atom. The Kier molecular flexibility index (Phi) is 5.09. The van der Waals surface area contributed by atoms with Crippen molar-refractivity contribution in [2.45, 2.75) is 57.1 Å². The fraction of sp³-hybridized carbons (Fsp3) is 0.600. The Morgan fingerprint density at radius 1 is 1.24 bits per heavy atom. The van der Waals surface area contributed by atoms with Crippen molar-refractivity contribution in [1.29, 1.82) is 0 Å². The van der Waals surface area contributed by atoms with Gasteiger partial charge in [0.15, 0.2) is 0 Å². The molecule has 0 radical (unpaired) electrons. The molecule has 0 spiro atoms. The zero-order valence-corrected chi connectivity index (χ0v) is 20.1. The number of primary amides is 1. The highest BCUT2D eigenvalue weighted by Gasteiger charge is 2.59. The van der Waals surface area contributed by atoms with Crippen LogP contribution in [0.3, 0.4) is 0 Å². The van der Waals surface area contributed by atoms with E-state index in [1.54, 1.807) is 19.3 Å². The Balaban J connectivity index is 1.18. The highest BCUT2D eigenvalue weighted by atomic mass is 32.1. The maximum Gasteiger partial charge on any atom is 0.410 e. The summed E-state index contributed by atoms with van der Waals surface area (Å²) in [6.07, 6.45) is 7.58. The average Bonchev–Trinajstić information content (AvgIpc) is 3.47. The fourth-order valence-corrected chi connectivity index (χ4v) is 8.15. The van der Waals surface area contributed by atoms with Crippen molar-refractivity contribution < 1.29 is 14.3 Å². The highest BCUT2D eigenvalue weighted by molar-refractivity contribution is 7.10. The van der Waals surface area contributed by atoms with Gasteiger partial charge in [0.05, 0.1) is 17.2 Å². The molecule has 2 N–H and O–H groups in total. The van der Waals surface area contributed by atoms with Crippen molar-refractivity contribution in [3.05, 3.63) is 39.1 Å². The molecule has 9 heteroatoms. The van der Waals surface area contributed by atoms with E-state index in [9.17, 15) is 14.4 Å². The summed E-state index contributed by atoms with van der Waals surface area (Å²) >= 11 is 1.52. The number of thiazole rings is 1. The van der Waals surface area contributed by atoms with Crippen LogP contribution in [0.5, 0.6) is 0 Å². The molecule has 180 valence electrons. The molecule has 4 saturated carbocycles. The molecule has 4 unspecified atom stereocenters. The molecular weight excluding hydrogens is 452 g/mol. The van der Waals surface area contributed by atoms with Gasteiger partial charge in [-0.05, 0) is 68.8 Å². The molecule has 34 heavy (non-hydrogen) atoms. The Bertz CT molecular complexity index is 1190. The van der Waals surface area contributed by atoms with Crippen LogP contribution in [-0.2, 0) is 16.6 Å². The summed E-state index contributed by atoms with van der Waals surface area (Å²) in [6.45, 7) is 0.653. The van der Waals surface area contributed by atoms with Crippen molar-refractivity contribution in [2.75, 3.05) is 6.54 Å². The van der Waals surface area contributed by atoms with Gasteiger partial charge in [-0.15, -0.1) is 11.3 Å². The first-order valence-corrected chi connectivity index (χ1v) is 13.1. The van der Waals surface area contributed by atoms with Crippen molar-refractivity contribution in [3.8, 4) is 11.3 Å². The molecule has 8 nitrogen and oxygen atoms in total. The van der Waals surface area contributed by atoms with Gasteiger partial charge in [-0.1, -0.05) is 0 Å². The van der Waals surface area contributed by atoms with Gasteiger partial charge in [-0.3, -0.25) is 14.5 Å². The third-order valence-electron chi connectivity index (χ3n) is 8.64. The molecule has 4 bridgehead atoms. The second-order valence-electron chi connectivity index (χ2n) is 10.7. The molecular formula is C25H30N4O4S. The molecule has 6 atom stereocenters. The summed E-state index contributed by atoms with van der Waals surface area (Å²) < 4.78 is 7.70. The highest BCUT2D eigenvalue weighted by Crippen LogP contribution is 2.60. The van der Waals surface area contributed by atoms with Crippen LogP contribution >= 0.6 is 11.3 Å². The summed E-state index contributed by atoms with van der Waals surface area (Å²) in [5.41, 5.74) is 6.89. The number of carbonyl (C=O) groups is 2. The van der Waals surface area contributed by atoms with Crippen LogP contribution in [0.1, 0.15) is 56.0 Å². The summed E-state index contributed by atoms with van der Waals surface area (Å²) in [4.78, 5) is 44.2. The predicted molar refractivity (Wildman–Crippen MR) is 127 cm³/mol. The van der Waals surface area contributed by atoms with Gasteiger partial charge in [-0.2, -0.15) is 0 Å². The number of hydrogen-bond donors (Lipinski definition) is 1. The number of rotatable bonds is 4. The van der Waals surface area contributed by atoms with E-state index in [-0.39, 0.29) is 47.0 Å². The number of pyridine rings is 1. The second-order valence-corrected chi connectivity index (χ2v) is 11.6. The van der Waals surface area contributed by atoms with E-state index in [1.165, 1.54) is 15.9 Å². The average molecular weight is 483 g/mol. The number of amides is 2. The van der Waals surface area contributed by atoms with E-state index >= 15 is 0 Å². The molecule has 5 fully saturated rings. The van der Waals surface area contributed by atoms with Crippen LogP contribution in [0, 0.1) is 23.2 Å². The van der Waals surface area contributed by atoms with E-state index < -0.39 is 0 Å². The third-order valence-corrected chi connectivity index (χ3v) is 9.59. The van der Waals surface area contributed by atoms with E-state index in [0.29, 0.717) is 12.5 Å². The maximum absolute atomic E-state index is 13.3. The topological polar surface area (TPSA) is 108 Å². The minimum Gasteiger partial charge on any atom is -0.445 e. The van der Waals surface area contributed by atoms with Crippen molar-refractivity contribution in [1.82, 2.24) is 14.5 Å². The van der Waals surface area contributed by atoms with Gasteiger partial charge in [0.1, 0.15) is 11.1 Å². The van der Waals surface area contributed by atoms with Gasteiger partial charge in [0.25, 0.3) is 5.56 Å². The van der Waals surface area contributed by atoms with E-state index in [2.05, 4.69) is 0 Å². The molecule has 1 saturated heterocycles. The first-order chi connectivity index (χ1) is 16.3. The molecule has 4 aliphatic carbocycles. The summed E-state index contributed by atoms with van der Waals surface area (Å²) in [5, 5.41) is 2.83. The van der Waals surface area contributed by atoms with Gasteiger partial charge in [-0.25, -0.2) is 9.78 Å². The van der Waals surface area contributed by atoms with E-state index in [4.69, 9.17) is 15.5 Å². The van der Waals surface area contributed by atoms with Crippen LogP contribution in [-0.4, -0.2) is 39.1 Å². The molecule has 1 aliphatic heterocycles. The van der Waals surface area contributed by atoms with Gasteiger partial charge < -0.3 is 15.0 Å². The zero-order chi connectivity index (χ0) is 23.6. The fourth-order valence-electron chi connectivity index (χ4n) is 7.18. The minimum atomic E-state index is -0.384. The van der Waals surface area contributed by atoms with Gasteiger partial charge >= 0.3 is 6.09 Å². The van der Waals surface area contributed by atoms with Crippen LogP contribution < -0.4 is 11.3 Å². The SMILES string of the molecule is Cn1ccc(-c2csc([C@H]3CCCN3C(=O)OC3C4CC5C[C@H]3CC(C(N)=O)(C5)C4)n2)cc1=O. The summed E-state index contributed by atoms with van der Waals surface area (Å²) in [6, 6.07) is 3.36.